The summed E-state index contributed by atoms with van der Waals surface area (Å²) in [4.78, 5) is 1.39. The van der Waals surface area contributed by atoms with Gasteiger partial charge in [0.05, 0.1) is 0 Å². The summed E-state index contributed by atoms with van der Waals surface area (Å²) < 4.78 is 1.39. The number of hydrogen-bond donors (Lipinski definition) is 0. The Labute approximate surface area is 84.2 Å². The largest absolute Gasteiger partial charge is 0.141 e. The van der Waals surface area contributed by atoms with Crippen LogP contribution < -0.4 is 0 Å². The van der Waals surface area contributed by atoms with E-state index in [9.17, 15) is 0 Å². The molecule has 2 rings (SSSR count). The maximum atomic E-state index is 2.22. The highest BCUT2D eigenvalue weighted by Gasteiger charge is 1.93. The summed E-state index contributed by atoms with van der Waals surface area (Å²) in [5, 5.41) is 1.37. The van der Waals surface area contributed by atoms with E-state index in [4.69, 9.17) is 0 Å². The van der Waals surface area contributed by atoms with Crippen molar-refractivity contribution in [1.82, 2.24) is 0 Å². The minimum Gasteiger partial charge on any atom is -0.141 e. The van der Waals surface area contributed by atoms with Crippen molar-refractivity contribution < 1.29 is 0 Å². The zero-order valence-corrected chi connectivity index (χ0v) is 9.32. The summed E-state index contributed by atoms with van der Waals surface area (Å²) in [6.45, 7) is 6.39. The highest BCUT2D eigenvalue weighted by atomic mass is 32.1. The molecule has 0 radical (unpaired) electrons. The van der Waals surface area contributed by atoms with Crippen molar-refractivity contribution in [3.8, 4) is 0 Å². The number of thiophene rings is 1. The molecule has 13 heavy (non-hydrogen) atoms. The molecule has 0 unspecified atom stereocenters. The van der Waals surface area contributed by atoms with Crippen molar-refractivity contribution in [2.75, 3.05) is 0 Å². The van der Waals surface area contributed by atoms with Crippen LogP contribution in [-0.4, -0.2) is 0 Å². The van der Waals surface area contributed by atoms with Crippen LogP contribution in [0.4, 0.5) is 0 Å². The smallest absolute Gasteiger partial charge is 0.0345 e. The molecule has 0 N–H and O–H groups in total. The first-order valence-corrected chi connectivity index (χ1v) is 5.54. The average Bonchev–Trinajstić information content (AvgIpc) is 2.45. The first-order chi connectivity index (χ1) is 6.27. The molecule has 0 saturated carbocycles. The van der Waals surface area contributed by atoms with Gasteiger partial charge in [0, 0.05) is 9.58 Å². The van der Waals surface area contributed by atoms with E-state index < -0.39 is 0 Å². The number of hydrogen-bond acceptors (Lipinski definition) is 1. The zero-order valence-electron chi connectivity index (χ0n) is 8.50. The molecule has 0 nitrogen and oxygen atoms in total. The molecule has 0 saturated heterocycles. The SMILES string of the molecule is CCC.Cc1cc2ccccc2s1. The van der Waals surface area contributed by atoms with Crippen molar-refractivity contribution in [3.63, 3.8) is 0 Å². The van der Waals surface area contributed by atoms with Crippen LogP contribution in [0.5, 0.6) is 0 Å². The molecule has 0 aliphatic rings. The van der Waals surface area contributed by atoms with Crippen LogP contribution in [0.15, 0.2) is 30.3 Å². The Morgan fingerprint density at radius 1 is 1.15 bits per heavy atom. The molecule has 0 fully saturated rings. The van der Waals surface area contributed by atoms with Crippen LogP contribution >= 0.6 is 11.3 Å². The fraction of sp³-hybridized carbons (Fsp3) is 0.333. The maximum Gasteiger partial charge on any atom is 0.0345 e. The average molecular weight is 192 g/mol. The predicted octanol–water partition coefficient (Wildman–Crippen LogP) is 4.63. The zero-order chi connectivity index (χ0) is 9.68. The number of benzene rings is 1. The van der Waals surface area contributed by atoms with E-state index in [0.29, 0.717) is 0 Å². The minimum atomic E-state index is 1.25. The Morgan fingerprint density at radius 3 is 2.38 bits per heavy atom. The van der Waals surface area contributed by atoms with Gasteiger partial charge in [-0.1, -0.05) is 38.5 Å². The summed E-state index contributed by atoms with van der Waals surface area (Å²) in [6, 6.07) is 10.7. The number of fused-ring (bicyclic) bond motifs is 1. The quantitative estimate of drug-likeness (QED) is 0.571. The lowest BCUT2D eigenvalue weighted by Crippen LogP contribution is -1.56. The van der Waals surface area contributed by atoms with Gasteiger partial charge in [-0.2, -0.15) is 0 Å². The van der Waals surface area contributed by atoms with Crippen LogP contribution in [-0.2, 0) is 0 Å². The number of rotatable bonds is 0. The Kier molecular flexibility index (Phi) is 3.97. The van der Waals surface area contributed by atoms with Crippen LogP contribution in [0, 0.1) is 6.92 Å². The Balaban J connectivity index is 0.000000251. The standard InChI is InChI=1S/C9H8S.C3H8/c1-7-6-8-4-2-3-5-9(8)10-7;1-3-2/h2-6H,1H3;3H2,1-2H3. The van der Waals surface area contributed by atoms with Gasteiger partial charge in [-0.25, -0.2) is 0 Å². The van der Waals surface area contributed by atoms with Gasteiger partial charge in [-0.05, 0) is 24.4 Å². The molecule has 1 heteroatoms. The molecule has 0 atom stereocenters. The molecule has 0 bridgehead atoms. The first-order valence-electron chi connectivity index (χ1n) is 4.73. The Bertz CT molecular complexity index is 327. The van der Waals surface area contributed by atoms with E-state index in [1.54, 1.807) is 0 Å². The van der Waals surface area contributed by atoms with Gasteiger partial charge >= 0.3 is 0 Å². The molecule has 1 heterocycles. The van der Waals surface area contributed by atoms with Gasteiger partial charge in [-0.15, -0.1) is 11.3 Å². The molecule has 0 aliphatic carbocycles. The van der Waals surface area contributed by atoms with E-state index in [-0.39, 0.29) is 0 Å². The molecule has 0 amide bonds. The lowest BCUT2D eigenvalue weighted by molar-refractivity contribution is 1.09. The second-order valence-corrected chi connectivity index (χ2v) is 4.39. The van der Waals surface area contributed by atoms with Gasteiger partial charge in [0.1, 0.15) is 0 Å². The summed E-state index contributed by atoms with van der Waals surface area (Å²) in [5.41, 5.74) is 0. The van der Waals surface area contributed by atoms with E-state index >= 15 is 0 Å². The molecule has 70 valence electrons. The Hall–Kier alpha value is -0.820. The lowest BCUT2D eigenvalue weighted by Gasteiger charge is -1.82. The minimum absolute atomic E-state index is 1.25. The van der Waals surface area contributed by atoms with Crippen molar-refractivity contribution in [2.24, 2.45) is 0 Å². The van der Waals surface area contributed by atoms with Gasteiger partial charge in [0.2, 0.25) is 0 Å². The van der Waals surface area contributed by atoms with E-state index in [1.807, 2.05) is 11.3 Å². The monoisotopic (exact) mass is 192 g/mol. The summed E-state index contributed by atoms with van der Waals surface area (Å²) >= 11 is 1.85. The third-order valence-corrected chi connectivity index (χ3v) is 2.58. The highest BCUT2D eigenvalue weighted by molar-refractivity contribution is 7.19. The van der Waals surface area contributed by atoms with Gasteiger partial charge in [-0.3, -0.25) is 0 Å². The fourth-order valence-corrected chi connectivity index (χ4v) is 2.04. The van der Waals surface area contributed by atoms with Gasteiger partial charge in [0.15, 0.2) is 0 Å². The van der Waals surface area contributed by atoms with Gasteiger partial charge in [0.25, 0.3) is 0 Å². The van der Waals surface area contributed by atoms with Crippen LogP contribution in [0.3, 0.4) is 0 Å². The predicted molar refractivity (Wildman–Crippen MR) is 62.5 cm³/mol. The van der Waals surface area contributed by atoms with E-state index in [2.05, 4.69) is 51.1 Å². The van der Waals surface area contributed by atoms with Crippen LogP contribution in [0.1, 0.15) is 25.1 Å². The van der Waals surface area contributed by atoms with Crippen LogP contribution in [0.2, 0.25) is 0 Å². The Morgan fingerprint density at radius 2 is 1.77 bits per heavy atom. The second-order valence-electron chi connectivity index (χ2n) is 3.10. The molecule has 1 aromatic heterocycles. The third kappa shape index (κ3) is 2.85. The molecule has 0 aliphatic heterocycles. The first kappa shape index (κ1) is 10.3. The summed E-state index contributed by atoms with van der Waals surface area (Å²) in [7, 11) is 0. The van der Waals surface area contributed by atoms with Crippen LogP contribution in [0.25, 0.3) is 10.1 Å². The maximum absolute atomic E-state index is 2.22. The summed E-state index contributed by atoms with van der Waals surface area (Å²) in [6.07, 6.45) is 1.25. The van der Waals surface area contributed by atoms with Crippen molar-refractivity contribution in [3.05, 3.63) is 35.2 Å². The normalized spacial score (nSPS) is 9.46. The van der Waals surface area contributed by atoms with E-state index in [1.165, 1.54) is 21.4 Å². The molecule has 2 aromatic rings. The molecule has 1 aromatic carbocycles. The van der Waals surface area contributed by atoms with Crippen molar-refractivity contribution in [2.45, 2.75) is 27.2 Å². The topological polar surface area (TPSA) is 0 Å². The summed E-state index contributed by atoms with van der Waals surface area (Å²) in [5.74, 6) is 0. The lowest BCUT2D eigenvalue weighted by atomic mass is 10.2. The van der Waals surface area contributed by atoms with Crippen molar-refractivity contribution >= 4 is 21.4 Å². The van der Waals surface area contributed by atoms with Crippen molar-refractivity contribution in [1.29, 1.82) is 0 Å². The van der Waals surface area contributed by atoms with Gasteiger partial charge < -0.3 is 0 Å². The fourth-order valence-electron chi connectivity index (χ4n) is 1.11. The second kappa shape index (κ2) is 5.03. The molecular formula is C12H16S. The number of aryl methyl sites for hydroxylation is 1. The third-order valence-electron chi connectivity index (χ3n) is 1.55. The molecular weight excluding hydrogens is 176 g/mol. The highest BCUT2D eigenvalue weighted by Crippen LogP contribution is 2.23. The molecule has 0 spiro atoms. The van der Waals surface area contributed by atoms with E-state index in [0.717, 1.165) is 0 Å².